The second kappa shape index (κ2) is 7.88. The average Bonchev–Trinajstić information content (AvgIpc) is 2.92. The number of nitrogens with zero attached hydrogens (tertiary/aromatic N) is 1. The van der Waals surface area contributed by atoms with Gasteiger partial charge in [0.25, 0.3) is 0 Å². The van der Waals surface area contributed by atoms with E-state index in [9.17, 15) is 5.11 Å². The first-order valence-corrected chi connectivity index (χ1v) is 7.35. The summed E-state index contributed by atoms with van der Waals surface area (Å²) in [5.74, 6) is 0. The van der Waals surface area contributed by atoms with E-state index < -0.39 is 0 Å². The van der Waals surface area contributed by atoms with Gasteiger partial charge in [-0.1, -0.05) is 37.3 Å². The predicted octanol–water partition coefficient (Wildman–Crippen LogP) is 2.79. The van der Waals surface area contributed by atoms with E-state index >= 15 is 0 Å². The summed E-state index contributed by atoms with van der Waals surface area (Å²) in [5, 5.41) is 12.8. The third kappa shape index (κ3) is 4.83. The largest absolute Gasteiger partial charge is 0.393 e. The molecule has 0 spiro atoms. The van der Waals surface area contributed by atoms with Crippen LogP contribution in [0.3, 0.4) is 0 Å². The highest BCUT2D eigenvalue weighted by atomic mass is 16.3. The molecular weight excluding hydrogens is 248 g/mol. The Kier molecular flexibility index (Phi) is 5.84. The van der Waals surface area contributed by atoms with Crippen molar-refractivity contribution in [2.75, 3.05) is 6.54 Å². The van der Waals surface area contributed by atoms with Crippen LogP contribution in [-0.4, -0.2) is 22.3 Å². The van der Waals surface area contributed by atoms with Gasteiger partial charge in [0, 0.05) is 25.5 Å². The Labute approximate surface area is 121 Å². The van der Waals surface area contributed by atoms with E-state index in [-0.39, 0.29) is 6.10 Å². The van der Waals surface area contributed by atoms with Gasteiger partial charge in [0.05, 0.1) is 6.10 Å². The Morgan fingerprint density at radius 3 is 2.70 bits per heavy atom. The predicted molar refractivity (Wildman–Crippen MR) is 82.6 cm³/mol. The van der Waals surface area contributed by atoms with Crippen molar-refractivity contribution < 1.29 is 5.11 Å². The summed E-state index contributed by atoms with van der Waals surface area (Å²) in [7, 11) is 0. The first kappa shape index (κ1) is 14.8. The molecule has 1 atom stereocenters. The van der Waals surface area contributed by atoms with Gasteiger partial charge in [0.1, 0.15) is 0 Å². The number of hydrogen-bond acceptors (Lipinski definition) is 2. The van der Waals surface area contributed by atoms with Crippen LogP contribution < -0.4 is 5.32 Å². The maximum Gasteiger partial charge on any atom is 0.0549 e. The molecule has 0 aliphatic carbocycles. The third-order valence-electron chi connectivity index (χ3n) is 3.47. The molecular formula is C17H24N2O. The molecule has 20 heavy (non-hydrogen) atoms. The van der Waals surface area contributed by atoms with Gasteiger partial charge in [-0.3, -0.25) is 0 Å². The number of nitrogens with one attached hydrogen (secondary N) is 1. The normalized spacial score (nSPS) is 12.5. The van der Waals surface area contributed by atoms with Crippen molar-refractivity contribution in [1.29, 1.82) is 0 Å². The second-order valence-corrected chi connectivity index (χ2v) is 5.21. The summed E-state index contributed by atoms with van der Waals surface area (Å²) >= 11 is 0. The zero-order valence-electron chi connectivity index (χ0n) is 12.1. The van der Waals surface area contributed by atoms with Crippen LogP contribution in [0.25, 0.3) is 0 Å². The van der Waals surface area contributed by atoms with Gasteiger partial charge < -0.3 is 15.0 Å². The molecule has 3 heteroatoms. The maximum atomic E-state index is 9.48. The van der Waals surface area contributed by atoms with E-state index in [1.165, 1.54) is 11.1 Å². The van der Waals surface area contributed by atoms with E-state index in [0.29, 0.717) is 0 Å². The van der Waals surface area contributed by atoms with Crippen LogP contribution in [0, 0.1) is 0 Å². The van der Waals surface area contributed by atoms with Gasteiger partial charge in [-0.15, -0.1) is 0 Å². The van der Waals surface area contributed by atoms with Crippen molar-refractivity contribution >= 4 is 0 Å². The molecule has 3 nitrogen and oxygen atoms in total. The van der Waals surface area contributed by atoms with Crippen LogP contribution in [0.4, 0.5) is 0 Å². The van der Waals surface area contributed by atoms with Crippen molar-refractivity contribution in [3.8, 4) is 0 Å². The number of rotatable bonds is 8. The standard InChI is InChI=1S/C17H24N2O/c1-2-17(20)8-10-18-12-16-9-11-19(14-16)13-15-6-4-3-5-7-15/h3-7,9,11,14,17-18,20H,2,8,10,12-13H2,1H3. The smallest absolute Gasteiger partial charge is 0.0549 e. The number of benzene rings is 1. The third-order valence-corrected chi connectivity index (χ3v) is 3.47. The Morgan fingerprint density at radius 1 is 1.15 bits per heavy atom. The highest BCUT2D eigenvalue weighted by Gasteiger charge is 2.01. The number of aliphatic hydroxyl groups is 1. The van der Waals surface area contributed by atoms with Gasteiger partial charge in [0.2, 0.25) is 0 Å². The molecule has 0 fully saturated rings. The molecule has 0 aliphatic heterocycles. The van der Waals surface area contributed by atoms with Gasteiger partial charge in [-0.25, -0.2) is 0 Å². The first-order chi connectivity index (χ1) is 9.78. The number of aliphatic hydroxyl groups excluding tert-OH is 1. The second-order valence-electron chi connectivity index (χ2n) is 5.21. The topological polar surface area (TPSA) is 37.2 Å². The fourth-order valence-corrected chi connectivity index (χ4v) is 2.19. The lowest BCUT2D eigenvalue weighted by Gasteiger charge is -2.08. The summed E-state index contributed by atoms with van der Waals surface area (Å²) in [4.78, 5) is 0. The zero-order valence-corrected chi connectivity index (χ0v) is 12.1. The molecule has 1 unspecified atom stereocenters. The van der Waals surface area contributed by atoms with Gasteiger partial charge in [-0.2, -0.15) is 0 Å². The summed E-state index contributed by atoms with van der Waals surface area (Å²) in [6, 6.07) is 12.6. The molecule has 1 aromatic carbocycles. The monoisotopic (exact) mass is 272 g/mol. The molecule has 0 aliphatic rings. The molecule has 108 valence electrons. The summed E-state index contributed by atoms with van der Waals surface area (Å²) < 4.78 is 2.20. The molecule has 0 amide bonds. The highest BCUT2D eigenvalue weighted by Crippen LogP contribution is 2.06. The summed E-state index contributed by atoms with van der Waals surface area (Å²) in [6.07, 6.45) is 5.77. The van der Waals surface area contributed by atoms with Gasteiger partial charge in [0.15, 0.2) is 0 Å². The number of hydrogen-bond donors (Lipinski definition) is 2. The van der Waals surface area contributed by atoms with Crippen LogP contribution >= 0.6 is 0 Å². The quantitative estimate of drug-likeness (QED) is 0.725. The molecule has 1 aromatic heterocycles. The molecule has 2 N–H and O–H groups in total. The van der Waals surface area contributed by atoms with E-state index in [1.54, 1.807) is 0 Å². The van der Waals surface area contributed by atoms with E-state index in [2.05, 4.69) is 52.6 Å². The van der Waals surface area contributed by atoms with Crippen molar-refractivity contribution in [2.24, 2.45) is 0 Å². The van der Waals surface area contributed by atoms with Crippen LogP contribution in [0.5, 0.6) is 0 Å². The molecule has 2 aromatic rings. The number of aromatic nitrogens is 1. The Balaban J connectivity index is 1.75. The van der Waals surface area contributed by atoms with Crippen molar-refractivity contribution in [2.45, 2.75) is 39.0 Å². The molecule has 0 radical (unpaired) electrons. The van der Waals surface area contributed by atoms with E-state index in [1.807, 2.05) is 13.0 Å². The lowest BCUT2D eigenvalue weighted by atomic mass is 10.2. The zero-order chi connectivity index (χ0) is 14.2. The molecule has 0 saturated carbocycles. The Bertz CT molecular complexity index is 493. The lowest BCUT2D eigenvalue weighted by molar-refractivity contribution is 0.159. The minimum atomic E-state index is -0.176. The van der Waals surface area contributed by atoms with Gasteiger partial charge >= 0.3 is 0 Å². The van der Waals surface area contributed by atoms with Crippen molar-refractivity contribution in [1.82, 2.24) is 9.88 Å². The van der Waals surface area contributed by atoms with E-state index in [4.69, 9.17) is 0 Å². The van der Waals surface area contributed by atoms with Crippen LogP contribution in [0.1, 0.15) is 30.9 Å². The summed E-state index contributed by atoms with van der Waals surface area (Å²) in [5.41, 5.74) is 2.60. The van der Waals surface area contributed by atoms with Gasteiger partial charge in [-0.05, 0) is 36.6 Å². The highest BCUT2D eigenvalue weighted by molar-refractivity contribution is 5.17. The molecule has 1 heterocycles. The van der Waals surface area contributed by atoms with Crippen LogP contribution in [-0.2, 0) is 13.1 Å². The lowest BCUT2D eigenvalue weighted by Crippen LogP contribution is -2.19. The average molecular weight is 272 g/mol. The molecule has 0 bridgehead atoms. The fourth-order valence-electron chi connectivity index (χ4n) is 2.19. The van der Waals surface area contributed by atoms with Crippen molar-refractivity contribution in [3.63, 3.8) is 0 Å². The Hall–Kier alpha value is -1.58. The van der Waals surface area contributed by atoms with E-state index in [0.717, 1.165) is 32.5 Å². The fraction of sp³-hybridized carbons (Fsp3) is 0.412. The molecule has 0 saturated heterocycles. The van der Waals surface area contributed by atoms with Crippen LogP contribution in [0.2, 0.25) is 0 Å². The minimum Gasteiger partial charge on any atom is -0.393 e. The minimum absolute atomic E-state index is 0.176. The Morgan fingerprint density at radius 2 is 1.95 bits per heavy atom. The van der Waals surface area contributed by atoms with Crippen molar-refractivity contribution in [3.05, 3.63) is 59.9 Å². The van der Waals surface area contributed by atoms with Crippen LogP contribution in [0.15, 0.2) is 48.8 Å². The SMILES string of the molecule is CCC(O)CCNCc1ccn(Cc2ccccc2)c1. The summed E-state index contributed by atoms with van der Waals surface area (Å²) in [6.45, 7) is 4.64. The first-order valence-electron chi connectivity index (χ1n) is 7.35. The molecule has 2 rings (SSSR count). The maximum absolute atomic E-state index is 9.48.